The van der Waals surface area contributed by atoms with Crippen LogP contribution in [0.4, 0.5) is 5.69 Å². The molecular weight excluding hydrogens is 226 g/mol. The third kappa shape index (κ3) is 5.07. The van der Waals surface area contributed by atoms with E-state index in [9.17, 15) is 0 Å². The Bertz CT molecular complexity index is 383. The molecule has 18 heavy (non-hydrogen) atoms. The quantitative estimate of drug-likeness (QED) is 0.750. The zero-order valence-electron chi connectivity index (χ0n) is 11.1. The van der Waals surface area contributed by atoms with Gasteiger partial charge in [0.1, 0.15) is 12.4 Å². The molecule has 0 aromatic heterocycles. The molecule has 2 N–H and O–H groups in total. The number of benzene rings is 1. The van der Waals surface area contributed by atoms with Gasteiger partial charge in [0, 0.05) is 18.8 Å². The zero-order valence-corrected chi connectivity index (χ0v) is 11.1. The molecule has 0 radical (unpaired) electrons. The molecule has 0 aliphatic heterocycles. The number of likely N-dealkylation sites (N-methyl/N-ethyl adjacent to an activating group) is 1. The molecule has 4 heteroatoms. The molecule has 0 saturated carbocycles. The van der Waals surface area contributed by atoms with Crippen molar-refractivity contribution in [2.24, 2.45) is 5.92 Å². The molecule has 0 spiro atoms. The SMILES string of the molecule is CCN(CCOc1ccc(N)cc1)CC(C)C#N. The van der Waals surface area contributed by atoms with Gasteiger partial charge in [-0.3, -0.25) is 4.90 Å². The van der Waals surface area contributed by atoms with E-state index < -0.39 is 0 Å². The van der Waals surface area contributed by atoms with Crippen molar-refractivity contribution >= 4 is 5.69 Å². The summed E-state index contributed by atoms with van der Waals surface area (Å²) < 4.78 is 5.63. The minimum Gasteiger partial charge on any atom is -0.492 e. The molecule has 0 aliphatic rings. The van der Waals surface area contributed by atoms with Gasteiger partial charge in [0.15, 0.2) is 0 Å². The van der Waals surface area contributed by atoms with Crippen LogP contribution >= 0.6 is 0 Å². The normalized spacial score (nSPS) is 12.1. The molecule has 1 unspecified atom stereocenters. The van der Waals surface area contributed by atoms with Gasteiger partial charge in [0.25, 0.3) is 0 Å². The summed E-state index contributed by atoms with van der Waals surface area (Å²) in [5.41, 5.74) is 6.34. The maximum atomic E-state index is 8.79. The molecule has 0 aliphatic carbocycles. The second-order valence-electron chi connectivity index (χ2n) is 4.34. The molecule has 0 bridgehead atoms. The van der Waals surface area contributed by atoms with E-state index in [-0.39, 0.29) is 5.92 Å². The summed E-state index contributed by atoms with van der Waals surface area (Å²) in [4.78, 5) is 2.21. The number of hydrogen-bond acceptors (Lipinski definition) is 4. The molecule has 0 saturated heterocycles. The van der Waals surface area contributed by atoms with Crippen LogP contribution in [0.15, 0.2) is 24.3 Å². The number of rotatable bonds is 7. The molecule has 0 amide bonds. The first-order valence-corrected chi connectivity index (χ1v) is 6.26. The highest BCUT2D eigenvalue weighted by atomic mass is 16.5. The van der Waals surface area contributed by atoms with Crippen LogP contribution in [0.3, 0.4) is 0 Å². The van der Waals surface area contributed by atoms with Crippen LogP contribution in [0.5, 0.6) is 5.75 Å². The second kappa shape index (κ2) is 7.57. The van der Waals surface area contributed by atoms with Crippen molar-refractivity contribution in [3.8, 4) is 11.8 Å². The molecule has 4 nitrogen and oxygen atoms in total. The molecule has 0 heterocycles. The Morgan fingerprint density at radius 3 is 2.61 bits per heavy atom. The predicted octanol–water partition coefficient (Wildman–Crippen LogP) is 2.13. The topological polar surface area (TPSA) is 62.3 Å². The van der Waals surface area contributed by atoms with Crippen molar-refractivity contribution in [3.05, 3.63) is 24.3 Å². The van der Waals surface area contributed by atoms with E-state index in [1.165, 1.54) is 0 Å². The van der Waals surface area contributed by atoms with Gasteiger partial charge in [0.2, 0.25) is 0 Å². The lowest BCUT2D eigenvalue weighted by Crippen LogP contribution is -2.32. The van der Waals surface area contributed by atoms with Crippen molar-refractivity contribution in [1.29, 1.82) is 5.26 Å². The Balaban J connectivity index is 2.31. The first kappa shape index (κ1) is 14.3. The van der Waals surface area contributed by atoms with Gasteiger partial charge >= 0.3 is 0 Å². The standard InChI is InChI=1S/C14H21N3O/c1-3-17(11-12(2)10-15)8-9-18-14-6-4-13(16)5-7-14/h4-7,12H,3,8-9,11,16H2,1-2H3. The summed E-state index contributed by atoms with van der Waals surface area (Å²) in [6, 6.07) is 9.63. The Morgan fingerprint density at radius 2 is 2.06 bits per heavy atom. The summed E-state index contributed by atoms with van der Waals surface area (Å²) >= 11 is 0. The van der Waals surface area contributed by atoms with E-state index >= 15 is 0 Å². The molecule has 1 rings (SSSR count). The van der Waals surface area contributed by atoms with Crippen LogP contribution in [0.2, 0.25) is 0 Å². The van der Waals surface area contributed by atoms with E-state index in [1.807, 2.05) is 31.2 Å². The highest BCUT2D eigenvalue weighted by molar-refractivity contribution is 5.41. The average molecular weight is 247 g/mol. The van der Waals surface area contributed by atoms with Crippen molar-refractivity contribution in [2.75, 3.05) is 32.0 Å². The number of nitrogen functional groups attached to an aromatic ring is 1. The molecule has 1 atom stereocenters. The van der Waals surface area contributed by atoms with Gasteiger partial charge in [-0.25, -0.2) is 0 Å². The third-order valence-electron chi connectivity index (χ3n) is 2.76. The number of nitrogens with two attached hydrogens (primary N) is 1. The molecule has 0 fully saturated rings. The minimum absolute atomic E-state index is 0.0569. The van der Waals surface area contributed by atoms with Crippen molar-refractivity contribution < 1.29 is 4.74 Å². The van der Waals surface area contributed by atoms with Crippen LogP contribution < -0.4 is 10.5 Å². The second-order valence-corrected chi connectivity index (χ2v) is 4.34. The number of anilines is 1. The fraction of sp³-hybridized carbons (Fsp3) is 0.500. The molecule has 98 valence electrons. The monoisotopic (exact) mass is 247 g/mol. The van der Waals surface area contributed by atoms with Crippen LogP contribution in [-0.4, -0.2) is 31.1 Å². The highest BCUT2D eigenvalue weighted by Gasteiger charge is 2.07. The first-order chi connectivity index (χ1) is 8.65. The number of hydrogen-bond donors (Lipinski definition) is 1. The van der Waals surface area contributed by atoms with E-state index in [0.717, 1.165) is 31.1 Å². The van der Waals surface area contributed by atoms with Crippen molar-refractivity contribution in [1.82, 2.24) is 4.90 Å². The van der Waals surface area contributed by atoms with Gasteiger partial charge in [0.05, 0.1) is 12.0 Å². The maximum Gasteiger partial charge on any atom is 0.119 e. The molecule has 1 aromatic carbocycles. The summed E-state index contributed by atoms with van der Waals surface area (Å²) in [6.07, 6.45) is 0. The average Bonchev–Trinajstić information content (AvgIpc) is 2.39. The Labute approximate surface area is 109 Å². The minimum atomic E-state index is 0.0569. The molecule has 1 aromatic rings. The van der Waals surface area contributed by atoms with E-state index in [2.05, 4.69) is 17.9 Å². The van der Waals surface area contributed by atoms with Gasteiger partial charge in [-0.1, -0.05) is 6.92 Å². The number of ether oxygens (including phenoxy) is 1. The Kier molecular flexibility index (Phi) is 6.03. The van der Waals surface area contributed by atoms with Crippen LogP contribution in [0, 0.1) is 17.2 Å². The van der Waals surface area contributed by atoms with Crippen molar-refractivity contribution in [3.63, 3.8) is 0 Å². The summed E-state index contributed by atoms with van der Waals surface area (Å²) in [7, 11) is 0. The van der Waals surface area contributed by atoms with Gasteiger partial charge < -0.3 is 10.5 Å². The fourth-order valence-corrected chi connectivity index (χ4v) is 1.66. The van der Waals surface area contributed by atoms with Crippen molar-refractivity contribution in [2.45, 2.75) is 13.8 Å². The molecular formula is C14H21N3O. The van der Waals surface area contributed by atoms with Crippen LogP contribution in [0.25, 0.3) is 0 Å². The highest BCUT2D eigenvalue weighted by Crippen LogP contribution is 2.12. The van der Waals surface area contributed by atoms with Gasteiger partial charge in [-0.05, 0) is 37.7 Å². The third-order valence-corrected chi connectivity index (χ3v) is 2.76. The number of nitrogens with zero attached hydrogens (tertiary/aromatic N) is 2. The summed E-state index contributed by atoms with van der Waals surface area (Å²) in [5.74, 6) is 0.884. The largest absolute Gasteiger partial charge is 0.492 e. The predicted molar refractivity (Wildman–Crippen MR) is 73.2 cm³/mol. The lowest BCUT2D eigenvalue weighted by molar-refractivity contribution is 0.206. The summed E-state index contributed by atoms with van der Waals surface area (Å²) in [5, 5.41) is 8.79. The van der Waals surface area contributed by atoms with Gasteiger partial charge in [-0.2, -0.15) is 5.26 Å². The Hall–Kier alpha value is -1.73. The van der Waals surface area contributed by atoms with E-state index in [4.69, 9.17) is 15.7 Å². The summed E-state index contributed by atoms with van der Waals surface area (Å²) in [6.45, 7) is 7.19. The van der Waals surface area contributed by atoms with E-state index in [0.29, 0.717) is 6.61 Å². The smallest absolute Gasteiger partial charge is 0.119 e. The lowest BCUT2D eigenvalue weighted by Gasteiger charge is -2.21. The zero-order chi connectivity index (χ0) is 13.4. The van der Waals surface area contributed by atoms with Crippen LogP contribution in [-0.2, 0) is 0 Å². The fourth-order valence-electron chi connectivity index (χ4n) is 1.66. The first-order valence-electron chi connectivity index (χ1n) is 6.26. The van der Waals surface area contributed by atoms with Crippen LogP contribution in [0.1, 0.15) is 13.8 Å². The Morgan fingerprint density at radius 1 is 1.39 bits per heavy atom. The lowest BCUT2D eigenvalue weighted by atomic mass is 10.2. The number of nitriles is 1. The maximum absolute atomic E-state index is 8.79. The van der Waals surface area contributed by atoms with Gasteiger partial charge in [-0.15, -0.1) is 0 Å². The van der Waals surface area contributed by atoms with E-state index in [1.54, 1.807) is 0 Å².